The molecule has 0 radical (unpaired) electrons. The lowest BCUT2D eigenvalue weighted by molar-refractivity contribution is -0.0948. The van der Waals surface area contributed by atoms with Gasteiger partial charge in [-0.3, -0.25) is 14.3 Å². The molecule has 52 heavy (non-hydrogen) atoms. The summed E-state index contributed by atoms with van der Waals surface area (Å²) < 4.78 is 32.1. The largest absolute Gasteiger partial charge is 0.497 e. The maximum absolute atomic E-state index is 13.3. The molecule has 2 aromatic heterocycles. The third-order valence-electron chi connectivity index (χ3n) is 9.48. The lowest BCUT2D eigenvalue weighted by atomic mass is 9.80. The van der Waals surface area contributed by atoms with Crippen LogP contribution in [0.4, 0.5) is 5.82 Å². The smallest absolute Gasteiger partial charge is 0.259 e. The number of aliphatic hydroxyl groups excluding tert-OH is 1. The molecule has 1 saturated heterocycles. The molecule has 266 valence electrons. The van der Waals surface area contributed by atoms with E-state index in [1.807, 2.05) is 84.9 Å². The summed E-state index contributed by atoms with van der Waals surface area (Å²) in [5, 5.41) is 11.7. The average Bonchev–Trinajstić information content (AvgIpc) is 3.78. The van der Waals surface area contributed by atoms with Crippen molar-refractivity contribution >= 4 is 22.9 Å². The lowest BCUT2D eigenvalue weighted by Crippen LogP contribution is -2.40. The van der Waals surface area contributed by atoms with Crippen LogP contribution in [0, 0.1) is 0 Å². The van der Waals surface area contributed by atoms with E-state index in [4.69, 9.17) is 23.7 Å². The minimum Gasteiger partial charge on any atom is -0.497 e. The topological polar surface area (TPSA) is 130 Å². The van der Waals surface area contributed by atoms with E-state index in [0.717, 1.165) is 16.7 Å². The quantitative estimate of drug-likeness (QED) is 0.166. The zero-order valence-corrected chi connectivity index (χ0v) is 29.2. The fourth-order valence-electron chi connectivity index (χ4n) is 6.76. The second-order valence-corrected chi connectivity index (χ2v) is 12.3. The second kappa shape index (κ2) is 14.9. The molecule has 0 aliphatic carbocycles. The number of imidazole rings is 1. The number of amides is 1. The van der Waals surface area contributed by atoms with Crippen LogP contribution < -0.4 is 14.4 Å². The van der Waals surface area contributed by atoms with Gasteiger partial charge in [-0.15, -0.1) is 0 Å². The molecule has 1 aliphatic rings. The lowest BCUT2D eigenvalue weighted by Gasteiger charge is -2.37. The summed E-state index contributed by atoms with van der Waals surface area (Å²) in [5.41, 5.74) is 2.75. The number of hydrogen-bond acceptors (Lipinski definition) is 10. The number of fused-ring (bicyclic) bond motifs is 1. The second-order valence-electron chi connectivity index (χ2n) is 12.3. The molecule has 4 atom stereocenters. The predicted octanol–water partition coefficient (Wildman–Crippen LogP) is 5.40. The number of methoxy groups -OCH3 is 3. The number of nitrogens with zero attached hydrogens (tertiary/aromatic N) is 5. The summed E-state index contributed by atoms with van der Waals surface area (Å²) in [4.78, 5) is 28.2. The van der Waals surface area contributed by atoms with Crippen LogP contribution >= 0.6 is 0 Å². The van der Waals surface area contributed by atoms with Gasteiger partial charge in [0.05, 0.1) is 27.2 Å². The first-order valence-corrected chi connectivity index (χ1v) is 16.7. The maximum Gasteiger partial charge on any atom is 0.259 e. The monoisotopic (exact) mass is 701 g/mol. The fourth-order valence-corrected chi connectivity index (χ4v) is 6.76. The molecule has 0 bridgehead atoms. The molecule has 1 N–H and O–H groups in total. The van der Waals surface area contributed by atoms with Gasteiger partial charge in [0.25, 0.3) is 5.91 Å². The molecule has 6 aromatic rings. The van der Waals surface area contributed by atoms with Crippen molar-refractivity contribution in [2.45, 2.75) is 30.1 Å². The molecule has 1 amide bonds. The Morgan fingerprint density at radius 1 is 0.808 bits per heavy atom. The molecule has 0 saturated carbocycles. The highest BCUT2D eigenvalue weighted by Crippen LogP contribution is 2.43. The molecule has 0 spiro atoms. The van der Waals surface area contributed by atoms with Crippen molar-refractivity contribution in [2.24, 2.45) is 0 Å². The third-order valence-corrected chi connectivity index (χ3v) is 9.48. The normalized spacial score (nSPS) is 18.7. The third kappa shape index (κ3) is 6.26. The molecular formula is C40H39N5O7. The predicted molar refractivity (Wildman–Crippen MR) is 193 cm³/mol. The van der Waals surface area contributed by atoms with Crippen molar-refractivity contribution in [1.29, 1.82) is 0 Å². The van der Waals surface area contributed by atoms with E-state index in [-0.39, 0.29) is 12.5 Å². The minimum atomic E-state index is -1.12. The Labute approximate surface area is 301 Å². The van der Waals surface area contributed by atoms with Crippen LogP contribution in [0.25, 0.3) is 11.2 Å². The van der Waals surface area contributed by atoms with Crippen LogP contribution in [0.3, 0.4) is 0 Å². The van der Waals surface area contributed by atoms with Crippen molar-refractivity contribution in [2.75, 3.05) is 39.9 Å². The van der Waals surface area contributed by atoms with Gasteiger partial charge in [0.2, 0.25) is 0 Å². The molecule has 12 heteroatoms. The maximum atomic E-state index is 13.3. The SMILES string of the molecule is COc1ccc(C(OC[C@H]2O[C@@H](n3cnc4c(N(C)C(=O)c5ccccc5)ncnc43)[C@H](OC)[C@@H]2O)(c2ccccc2)c2ccc(OC)cc2)cc1. The molecule has 1 fully saturated rings. The van der Waals surface area contributed by atoms with Gasteiger partial charge >= 0.3 is 0 Å². The highest BCUT2D eigenvalue weighted by atomic mass is 16.6. The van der Waals surface area contributed by atoms with Crippen molar-refractivity contribution in [3.63, 3.8) is 0 Å². The van der Waals surface area contributed by atoms with Crippen LogP contribution in [0.1, 0.15) is 33.3 Å². The molecule has 4 aromatic carbocycles. The van der Waals surface area contributed by atoms with E-state index < -0.39 is 30.1 Å². The van der Waals surface area contributed by atoms with Crippen molar-refractivity contribution < 1.29 is 33.6 Å². The molecule has 7 rings (SSSR count). The van der Waals surface area contributed by atoms with Gasteiger partial charge in [-0.05, 0) is 53.1 Å². The van der Waals surface area contributed by atoms with Gasteiger partial charge in [-0.1, -0.05) is 72.8 Å². The van der Waals surface area contributed by atoms with Crippen molar-refractivity contribution in [3.05, 3.63) is 144 Å². The van der Waals surface area contributed by atoms with Gasteiger partial charge in [0.1, 0.15) is 41.7 Å². The van der Waals surface area contributed by atoms with Gasteiger partial charge in [-0.2, -0.15) is 0 Å². The first-order valence-electron chi connectivity index (χ1n) is 16.7. The van der Waals surface area contributed by atoms with E-state index in [0.29, 0.717) is 34.0 Å². The molecular weight excluding hydrogens is 662 g/mol. The summed E-state index contributed by atoms with van der Waals surface area (Å²) in [6.07, 6.45) is -0.618. The Kier molecular flexibility index (Phi) is 9.97. The highest BCUT2D eigenvalue weighted by Gasteiger charge is 2.48. The molecule has 3 heterocycles. The van der Waals surface area contributed by atoms with Crippen molar-refractivity contribution in [3.8, 4) is 11.5 Å². The summed E-state index contributed by atoms with van der Waals surface area (Å²) in [6, 6.07) is 34.3. The number of anilines is 1. The Balaban J connectivity index is 1.23. The zero-order chi connectivity index (χ0) is 36.2. The van der Waals surface area contributed by atoms with E-state index in [2.05, 4.69) is 15.0 Å². The molecule has 1 aliphatic heterocycles. The van der Waals surface area contributed by atoms with Crippen molar-refractivity contribution in [1.82, 2.24) is 19.5 Å². The number of ether oxygens (including phenoxy) is 5. The molecule has 0 unspecified atom stereocenters. The van der Waals surface area contributed by atoms with Gasteiger partial charge in [0.15, 0.2) is 23.2 Å². The first kappa shape index (κ1) is 34.8. The summed E-state index contributed by atoms with van der Waals surface area (Å²) in [7, 11) is 6.41. The number of carbonyl (C=O) groups excluding carboxylic acids is 1. The van der Waals surface area contributed by atoms with Gasteiger partial charge < -0.3 is 28.8 Å². The van der Waals surface area contributed by atoms with E-state index >= 15 is 0 Å². The van der Waals surface area contributed by atoms with E-state index in [9.17, 15) is 9.90 Å². The Morgan fingerprint density at radius 3 is 1.96 bits per heavy atom. The number of aliphatic hydroxyl groups is 1. The number of rotatable bonds is 12. The minimum absolute atomic E-state index is 0.0222. The Bertz CT molecular complexity index is 2060. The highest BCUT2D eigenvalue weighted by molar-refractivity contribution is 6.08. The number of benzene rings is 4. The first-order chi connectivity index (χ1) is 25.4. The number of carbonyl (C=O) groups is 1. The van der Waals surface area contributed by atoms with Gasteiger partial charge in [0, 0.05) is 19.7 Å². The van der Waals surface area contributed by atoms with Crippen LogP contribution in [-0.2, 0) is 19.8 Å². The van der Waals surface area contributed by atoms with E-state index in [1.54, 1.807) is 56.4 Å². The number of aromatic nitrogens is 4. The molecule has 12 nitrogen and oxygen atoms in total. The standard InChI is InChI=1S/C40H39N5O7/c1-44(38(47)26-11-7-5-8-12-26)36-33-37(42-24-41-36)45(25-43-33)39-35(50-4)34(46)32(52-39)23-51-40(27-13-9-6-10-14-27,28-15-19-30(48-2)20-16-28)29-17-21-31(49-3)22-18-29/h5-22,24-25,32,34-35,39,46H,23H2,1-4H3/t32-,34-,35-,39-/m1/s1. The Hall–Kier alpha value is -5.66. The van der Waals surface area contributed by atoms with Crippen LogP contribution in [0.2, 0.25) is 0 Å². The summed E-state index contributed by atoms with van der Waals surface area (Å²) in [6.45, 7) is -0.0222. The summed E-state index contributed by atoms with van der Waals surface area (Å²) in [5.74, 6) is 1.49. The van der Waals surface area contributed by atoms with Crippen LogP contribution in [-0.4, -0.2) is 83.8 Å². The zero-order valence-electron chi connectivity index (χ0n) is 29.2. The fraction of sp³-hybridized carbons (Fsp3) is 0.250. The average molecular weight is 702 g/mol. The summed E-state index contributed by atoms with van der Waals surface area (Å²) >= 11 is 0. The van der Waals surface area contributed by atoms with E-state index in [1.165, 1.54) is 18.3 Å². The number of hydrogen-bond donors (Lipinski definition) is 1. The Morgan fingerprint density at radius 2 is 1.38 bits per heavy atom. The van der Waals surface area contributed by atoms with Crippen LogP contribution in [0.15, 0.2) is 122 Å². The van der Waals surface area contributed by atoms with Gasteiger partial charge in [-0.25, -0.2) is 15.0 Å². The van der Waals surface area contributed by atoms with Crippen LogP contribution in [0.5, 0.6) is 11.5 Å².